The van der Waals surface area contributed by atoms with E-state index in [1.165, 1.54) is 5.19 Å². The van der Waals surface area contributed by atoms with E-state index in [-0.39, 0.29) is 6.61 Å². The van der Waals surface area contributed by atoms with E-state index in [2.05, 4.69) is 29.7 Å². The molecule has 1 aliphatic rings. The van der Waals surface area contributed by atoms with Gasteiger partial charge in [0.1, 0.15) is 12.6 Å². The van der Waals surface area contributed by atoms with E-state index >= 15 is 0 Å². The highest BCUT2D eigenvalue weighted by Crippen LogP contribution is 2.26. The average Bonchev–Trinajstić information content (AvgIpc) is 3.12. The van der Waals surface area contributed by atoms with E-state index in [0.717, 1.165) is 16.5 Å². The third-order valence-corrected chi connectivity index (χ3v) is 8.78. The lowest BCUT2D eigenvalue weighted by Gasteiger charge is -2.24. The topological polar surface area (TPSA) is 95.4 Å². The Labute approximate surface area is 183 Å². The minimum Gasteiger partial charge on any atom is -0.447 e. The predicted octanol–water partition coefficient (Wildman–Crippen LogP) is 4.73. The van der Waals surface area contributed by atoms with Crippen LogP contribution in [0.5, 0.6) is 0 Å². The molecule has 2 aromatic carbocycles. The summed E-state index contributed by atoms with van der Waals surface area (Å²) in [6, 6.07) is 16.5. The van der Waals surface area contributed by atoms with E-state index in [4.69, 9.17) is 10.3 Å². The van der Waals surface area contributed by atoms with E-state index in [1.54, 1.807) is 12.1 Å². The quantitative estimate of drug-likeness (QED) is 0.198. The van der Waals surface area contributed by atoms with Gasteiger partial charge in [-0.05, 0) is 29.1 Å². The Kier molecular flexibility index (Phi) is 6.94. The van der Waals surface area contributed by atoms with Gasteiger partial charge in [0.25, 0.3) is 0 Å². The van der Waals surface area contributed by atoms with Crippen LogP contribution in [0.25, 0.3) is 10.4 Å². The highest BCUT2D eigenvalue weighted by molar-refractivity contribution is 6.90. The Balaban J connectivity index is 1.86. The fourth-order valence-electron chi connectivity index (χ4n) is 3.80. The number of hydrogen-bond donors (Lipinski definition) is 0. The van der Waals surface area contributed by atoms with Crippen molar-refractivity contribution in [2.75, 3.05) is 6.61 Å². The molecule has 0 saturated carbocycles. The number of cyclic esters (lactones) is 1. The number of benzene rings is 2. The molecule has 8 heteroatoms. The molecule has 1 fully saturated rings. The number of carbonyl (C=O) groups excluding carboxylic acids is 2. The number of rotatable bonds is 8. The van der Waals surface area contributed by atoms with Crippen LogP contribution in [0.4, 0.5) is 4.79 Å². The molecule has 0 N–H and O–H groups in total. The number of amides is 2. The van der Waals surface area contributed by atoms with Crippen LogP contribution in [0, 0.1) is 0 Å². The summed E-state index contributed by atoms with van der Waals surface area (Å²) in [6.07, 6.45) is 1.69. The number of carbonyl (C=O) groups is 2. The normalized spacial score (nSPS) is 16.9. The maximum absolute atomic E-state index is 13.3. The minimum atomic E-state index is -1.66. The molecule has 2 aromatic rings. The van der Waals surface area contributed by atoms with Crippen LogP contribution >= 0.6 is 0 Å². The standard InChI is InChI=1S/C23H26N4O3Si/c1-4-14-31(2,3)20-12-10-18(11-13-20)21(25-26-24)22(28)27-19(16-30-23(27)29)15-17-8-6-5-7-9-17/h4-13,19,21H,1,14-16H2,2-3H3/t19-,21-/m0/s1. The first-order chi connectivity index (χ1) is 14.9. The Morgan fingerprint density at radius 1 is 1.29 bits per heavy atom. The van der Waals surface area contributed by atoms with Gasteiger partial charge in [-0.25, -0.2) is 9.69 Å². The highest BCUT2D eigenvalue weighted by atomic mass is 28.3. The molecule has 7 nitrogen and oxygen atoms in total. The van der Waals surface area contributed by atoms with Crippen molar-refractivity contribution in [3.8, 4) is 0 Å². The van der Waals surface area contributed by atoms with Gasteiger partial charge in [0.05, 0.1) is 14.1 Å². The largest absolute Gasteiger partial charge is 0.447 e. The number of ether oxygens (including phenoxy) is 1. The third-order valence-electron chi connectivity index (χ3n) is 5.58. The average molecular weight is 435 g/mol. The molecule has 0 unspecified atom stereocenters. The van der Waals surface area contributed by atoms with E-state index in [1.807, 2.05) is 48.5 Å². The van der Waals surface area contributed by atoms with Crippen LogP contribution < -0.4 is 5.19 Å². The Hall–Kier alpha value is -3.35. The van der Waals surface area contributed by atoms with Crippen molar-refractivity contribution in [1.82, 2.24) is 4.90 Å². The van der Waals surface area contributed by atoms with Crippen LogP contribution in [0.3, 0.4) is 0 Å². The van der Waals surface area contributed by atoms with Crippen molar-refractivity contribution in [1.29, 1.82) is 0 Å². The molecule has 0 spiro atoms. The Bertz CT molecular complexity index is 1000. The number of allylic oxidation sites excluding steroid dienone is 1. The molecule has 0 aliphatic carbocycles. The zero-order valence-electron chi connectivity index (χ0n) is 17.8. The molecular weight excluding hydrogens is 408 g/mol. The van der Waals surface area contributed by atoms with Gasteiger partial charge in [-0.15, -0.1) is 6.58 Å². The Morgan fingerprint density at radius 2 is 1.97 bits per heavy atom. The molecule has 0 aromatic heterocycles. The summed E-state index contributed by atoms with van der Waals surface area (Å²) in [5, 5.41) is 4.93. The van der Waals surface area contributed by atoms with Crippen LogP contribution in [-0.4, -0.2) is 37.6 Å². The maximum atomic E-state index is 13.3. The third kappa shape index (κ3) is 5.04. The van der Waals surface area contributed by atoms with Gasteiger partial charge in [-0.1, -0.05) is 84.1 Å². The van der Waals surface area contributed by atoms with Gasteiger partial charge in [-0.2, -0.15) is 0 Å². The van der Waals surface area contributed by atoms with E-state index in [0.29, 0.717) is 12.0 Å². The van der Waals surface area contributed by atoms with Crippen molar-refractivity contribution >= 4 is 25.3 Å². The smallest absolute Gasteiger partial charge is 0.417 e. The van der Waals surface area contributed by atoms with Crippen LogP contribution in [0.1, 0.15) is 17.2 Å². The molecule has 160 valence electrons. The summed E-state index contributed by atoms with van der Waals surface area (Å²) in [5.74, 6) is -0.573. The van der Waals surface area contributed by atoms with Crippen molar-refractivity contribution in [3.63, 3.8) is 0 Å². The lowest BCUT2D eigenvalue weighted by atomic mass is 10.0. The van der Waals surface area contributed by atoms with Crippen LogP contribution in [0.15, 0.2) is 72.4 Å². The zero-order valence-corrected chi connectivity index (χ0v) is 18.8. The van der Waals surface area contributed by atoms with Gasteiger partial charge in [0.15, 0.2) is 0 Å². The summed E-state index contributed by atoms with van der Waals surface area (Å²) >= 11 is 0. The van der Waals surface area contributed by atoms with Gasteiger partial charge in [0, 0.05) is 4.91 Å². The van der Waals surface area contributed by atoms with Crippen LogP contribution in [0.2, 0.25) is 19.1 Å². The second-order valence-electron chi connectivity index (χ2n) is 8.23. The first kappa shape index (κ1) is 22.3. The fourth-order valence-corrected chi connectivity index (χ4v) is 5.83. The monoisotopic (exact) mass is 434 g/mol. The number of hydrogen-bond acceptors (Lipinski definition) is 4. The molecule has 3 rings (SSSR count). The summed E-state index contributed by atoms with van der Waals surface area (Å²) in [5.41, 5.74) is 10.6. The molecule has 1 heterocycles. The zero-order chi connectivity index (χ0) is 22.4. The van der Waals surface area contributed by atoms with E-state index < -0.39 is 32.2 Å². The fraction of sp³-hybridized carbons (Fsp3) is 0.304. The van der Waals surface area contributed by atoms with Gasteiger partial charge in [0.2, 0.25) is 5.91 Å². The summed E-state index contributed by atoms with van der Waals surface area (Å²) < 4.78 is 5.15. The summed E-state index contributed by atoms with van der Waals surface area (Å²) in [4.78, 5) is 29.6. The summed E-state index contributed by atoms with van der Waals surface area (Å²) in [7, 11) is -1.66. The molecular formula is C23H26N4O3Si. The predicted molar refractivity (Wildman–Crippen MR) is 123 cm³/mol. The van der Waals surface area contributed by atoms with E-state index in [9.17, 15) is 9.59 Å². The van der Waals surface area contributed by atoms with Crippen molar-refractivity contribution in [2.45, 2.75) is 37.6 Å². The minimum absolute atomic E-state index is 0.114. The van der Waals surface area contributed by atoms with Crippen LogP contribution in [-0.2, 0) is 16.0 Å². The molecule has 31 heavy (non-hydrogen) atoms. The second kappa shape index (κ2) is 9.64. The SMILES string of the molecule is C=CC[Si](C)(C)c1ccc([C@H](N=[N+]=[N-])C(=O)N2C(=O)OC[C@@H]2Cc2ccccc2)cc1. The molecule has 2 amide bonds. The lowest BCUT2D eigenvalue weighted by molar-refractivity contribution is -0.130. The molecule has 0 radical (unpaired) electrons. The maximum Gasteiger partial charge on any atom is 0.417 e. The first-order valence-corrected chi connectivity index (χ1v) is 13.4. The first-order valence-electron chi connectivity index (χ1n) is 10.2. The van der Waals surface area contributed by atoms with Crippen molar-refractivity contribution in [2.24, 2.45) is 5.11 Å². The highest BCUT2D eigenvalue weighted by Gasteiger charge is 2.41. The number of azide groups is 1. The van der Waals surface area contributed by atoms with Gasteiger partial charge < -0.3 is 4.74 Å². The molecule has 1 saturated heterocycles. The second-order valence-corrected chi connectivity index (χ2v) is 13.0. The van der Waals surface area contributed by atoms with Gasteiger partial charge in [-0.3, -0.25) is 4.79 Å². The lowest BCUT2D eigenvalue weighted by Crippen LogP contribution is -2.43. The summed E-state index contributed by atoms with van der Waals surface area (Å²) in [6.45, 7) is 8.44. The van der Waals surface area contributed by atoms with Crippen molar-refractivity contribution in [3.05, 3.63) is 88.8 Å². The number of imide groups is 1. The molecule has 0 bridgehead atoms. The molecule has 1 aliphatic heterocycles. The Morgan fingerprint density at radius 3 is 2.58 bits per heavy atom. The van der Waals surface area contributed by atoms with Gasteiger partial charge >= 0.3 is 6.09 Å². The van der Waals surface area contributed by atoms with Crippen molar-refractivity contribution < 1.29 is 14.3 Å². The number of nitrogens with zero attached hydrogens (tertiary/aromatic N) is 4. The molecule has 2 atom stereocenters.